The van der Waals surface area contributed by atoms with Gasteiger partial charge in [0.25, 0.3) is 0 Å². The van der Waals surface area contributed by atoms with Crippen LogP contribution in [-0.2, 0) is 14.8 Å². The van der Waals surface area contributed by atoms with Crippen LogP contribution < -0.4 is 14.4 Å². The lowest BCUT2D eigenvalue weighted by molar-refractivity contribution is -0.120. The maximum Gasteiger partial charge on any atom is 0.241 e. The van der Waals surface area contributed by atoms with Gasteiger partial charge >= 0.3 is 0 Å². The zero-order valence-electron chi connectivity index (χ0n) is 17.7. The van der Waals surface area contributed by atoms with Crippen LogP contribution in [0, 0.1) is 13.8 Å². The number of carbonyl (C=O) groups is 1. The summed E-state index contributed by atoms with van der Waals surface area (Å²) in [5, 5.41) is 2.98. The summed E-state index contributed by atoms with van der Waals surface area (Å²) in [6, 6.07) is 12.6. The number of hydrogen-bond acceptors (Lipinski definition) is 4. The minimum Gasteiger partial charge on any atom is -0.494 e. The average Bonchev–Trinajstić information content (AvgIpc) is 2.65. The van der Waals surface area contributed by atoms with Gasteiger partial charge in [-0.1, -0.05) is 30.7 Å². The van der Waals surface area contributed by atoms with Crippen LogP contribution in [0.4, 0.5) is 5.69 Å². The number of nitrogens with zero attached hydrogens (tertiary/aromatic N) is 1. The molecule has 0 aliphatic rings. The lowest BCUT2D eigenvalue weighted by Gasteiger charge is -2.25. The second-order valence-corrected chi connectivity index (χ2v) is 8.99. The Morgan fingerprint density at radius 2 is 1.76 bits per heavy atom. The molecule has 0 radical (unpaired) electrons. The molecule has 2 rings (SSSR count). The molecule has 0 aromatic heterocycles. The van der Waals surface area contributed by atoms with Gasteiger partial charge in [-0.15, -0.1) is 0 Å². The van der Waals surface area contributed by atoms with Gasteiger partial charge in [0.1, 0.15) is 12.3 Å². The first kappa shape index (κ1) is 22.7. The molecule has 2 aromatic rings. The van der Waals surface area contributed by atoms with E-state index in [1.54, 1.807) is 24.3 Å². The summed E-state index contributed by atoms with van der Waals surface area (Å²) in [4.78, 5) is 12.7. The van der Waals surface area contributed by atoms with Crippen molar-refractivity contribution in [3.05, 3.63) is 59.2 Å². The normalized spacial score (nSPS) is 12.3. The van der Waals surface area contributed by atoms with E-state index in [9.17, 15) is 13.2 Å². The van der Waals surface area contributed by atoms with Crippen molar-refractivity contribution in [2.75, 3.05) is 23.7 Å². The van der Waals surface area contributed by atoms with Crippen molar-refractivity contribution >= 4 is 21.6 Å². The number of carbonyl (C=O) groups excluding carboxylic acids is 1. The number of rotatable bonds is 9. The van der Waals surface area contributed by atoms with Gasteiger partial charge in [0.15, 0.2) is 0 Å². The fraction of sp³-hybridized carbons (Fsp3) is 0.409. The predicted octanol–water partition coefficient (Wildman–Crippen LogP) is 3.74. The van der Waals surface area contributed by atoms with Crippen LogP contribution in [-0.4, -0.2) is 33.7 Å². The van der Waals surface area contributed by atoms with Crippen LogP contribution in [0.25, 0.3) is 0 Å². The first-order valence-electron chi connectivity index (χ1n) is 9.72. The second kappa shape index (κ2) is 9.78. The van der Waals surface area contributed by atoms with Crippen molar-refractivity contribution in [1.82, 2.24) is 5.32 Å². The topological polar surface area (TPSA) is 75.7 Å². The Bertz CT molecular complexity index is 940. The van der Waals surface area contributed by atoms with Gasteiger partial charge in [-0.05, 0) is 62.6 Å². The highest BCUT2D eigenvalue weighted by atomic mass is 32.2. The molecule has 6 nitrogen and oxygen atoms in total. The van der Waals surface area contributed by atoms with Crippen LogP contribution in [0.1, 0.15) is 43.0 Å². The molecule has 2 aromatic carbocycles. The third-order valence-electron chi connectivity index (χ3n) is 4.67. The molecule has 0 aliphatic carbocycles. The Morgan fingerprint density at radius 3 is 2.28 bits per heavy atom. The van der Waals surface area contributed by atoms with E-state index in [2.05, 4.69) is 11.4 Å². The summed E-state index contributed by atoms with van der Waals surface area (Å²) in [7, 11) is -3.63. The zero-order valence-corrected chi connectivity index (χ0v) is 18.5. The summed E-state index contributed by atoms with van der Waals surface area (Å²) in [5.74, 6) is 0.297. The monoisotopic (exact) mass is 418 g/mol. The number of anilines is 1. The van der Waals surface area contributed by atoms with Gasteiger partial charge in [0.05, 0.1) is 24.6 Å². The van der Waals surface area contributed by atoms with E-state index in [-0.39, 0.29) is 18.5 Å². The van der Waals surface area contributed by atoms with Gasteiger partial charge in [0, 0.05) is 0 Å². The van der Waals surface area contributed by atoms with Crippen LogP contribution in [0.2, 0.25) is 0 Å². The molecule has 1 amide bonds. The fourth-order valence-corrected chi connectivity index (χ4v) is 4.12. The van der Waals surface area contributed by atoms with Gasteiger partial charge in [-0.2, -0.15) is 0 Å². The van der Waals surface area contributed by atoms with Crippen molar-refractivity contribution in [3.63, 3.8) is 0 Å². The molecular weight excluding hydrogens is 388 g/mol. The third-order valence-corrected chi connectivity index (χ3v) is 5.81. The lowest BCUT2D eigenvalue weighted by Crippen LogP contribution is -2.41. The number of ether oxygens (including phenoxy) is 1. The number of nitrogens with one attached hydrogen (secondary N) is 1. The number of aryl methyl sites for hydroxylation is 2. The highest BCUT2D eigenvalue weighted by molar-refractivity contribution is 7.92. The first-order chi connectivity index (χ1) is 13.7. The smallest absolute Gasteiger partial charge is 0.241 e. The molecule has 0 aliphatic heterocycles. The number of hydrogen-bond donors (Lipinski definition) is 1. The molecule has 0 saturated carbocycles. The Hall–Kier alpha value is -2.54. The zero-order chi connectivity index (χ0) is 21.6. The summed E-state index contributed by atoms with van der Waals surface area (Å²) in [6.45, 7) is 8.14. The predicted molar refractivity (Wildman–Crippen MR) is 117 cm³/mol. The Kier molecular flexibility index (Phi) is 7.67. The third kappa shape index (κ3) is 6.22. The maximum absolute atomic E-state index is 12.7. The molecule has 158 valence electrons. The molecule has 1 atom stereocenters. The molecule has 1 unspecified atom stereocenters. The van der Waals surface area contributed by atoms with Crippen molar-refractivity contribution in [2.45, 2.75) is 40.2 Å². The molecule has 0 heterocycles. The molecule has 0 spiro atoms. The van der Waals surface area contributed by atoms with Gasteiger partial charge in [-0.25, -0.2) is 8.42 Å². The number of benzene rings is 2. The van der Waals surface area contributed by atoms with Crippen molar-refractivity contribution in [3.8, 4) is 5.75 Å². The highest BCUT2D eigenvalue weighted by Crippen LogP contribution is 2.23. The Labute approximate surface area is 173 Å². The molecule has 1 N–H and O–H groups in total. The number of amides is 1. The quantitative estimate of drug-likeness (QED) is 0.673. The van der Waals surface area contributed by atoms with Crippen LogP contribution >= 0.6 is 0 Å². The van der Waals surface area contributed by atoms with Gasteiger partial charge in [-0.3, -0.25) is 9.10 Å². The molecule has 0 bridgehead atoms. The SMILES string of the molecule is CCOc1ccc(N(CC(=O)NC(CC)c2ccc(C)cc2C)S(C)(=O)=O)cc1. The van der Waals surface area contributed by atoms with Crippen LogP contribution in [0.15, 0.2) is 42.5 Å². The molecule has 0 fully saturated rings. The molecule has 7 heteroatoms. The van der Waals surface area contributed by atoms with E-state index < -0.39 is 10.0 Å². The molecule has 29 heavy (non-hydrogen) atoms. The fourth-order valence-electron chi connectivity index (χ4n) is 3.26. The summed E-state index contributed by atoms with van der Waals surface area (Å²) < 4.78 is 31.1. The lowest BCUT2D eigenvalue weighted by atomic mass is 9.97. The first-order valence-corrected chi connectivity index (χ1v) is 11.6. The van der Waals surface area contributed by atoms with E-state index in [1.165, 1.54) is 0 Å². The van der Waals surface area contributed by atoms with Crippen molar-refractivity contribution in [1.29, 1.82) is 0 Å². The van der Waals surface area contributed by atoms with E-state index in [0.29, 0.717) is 24.5 Å². The molecular formula is C22H30N2O4S. The summed E-state index contributed by atoms with van der Waals surface area (Å²) in [5.41, 5.74) is 3.72. The Morgan fingerprint density at radius 1 is 1.10 bits per heavy atom. The minimum absolute atomic E-state index is 0.176. The van der Waals surface area contributed by atoms with Gasteiger partial charge in [0.2, 0.25) is 15.9 Å². The standard InChI is InChI=1S/C22H30N2O4S/c1-6-21(20-13-8-16(3)14-17(20)4)23-22(25)15-24(29(5,26)27)18-9-11-19(12-10-18)28-7-2/h8-14,21H,6-7,15H2,1-5H3,(H,23,25). The summed E-state index contributed by atoms with van der Waals surface area (Å²) in [6.07, 6.45) is 1.80. The van der Waals surface area contributed by atoms with Crippen LogP contribution in [0.5, 0.6) is 5.75 Å². The largest absolute Gasteiger partial charge is 0.494 e. The average molecular weight is 419 g/mol. The van der Waals surface area contributed by atoms with E-state index in [4.69, 9.17) is 4.74 Å². The van der Waals surface area contributed by atoms with Crippen molar-refractivity contribution < 1.29 is 17.9 Å². The van der Waals surface area contributed by atoms with Gasteiger partial charge < -0.3 is 10.1 Å². The van der Waals surface area contributed by atoms with Crippen molar-refractivity contribution in [2.24, 2.45) is 0 Å². The summed E-state index contributed by atoms with van der Waals surface area (Å²) >= 11 is 0. The Balaban J connectivity index is 2.19. The molecule has 0 saturated heterocycles. The highest BCUT2D eigenvalue weighted by Gasteiger charge is 2.23. The van der Waals surface area contributed by atoms with E-state index in [0.717, 1.165) is 27.3 Å². The van der Waals surface area contributed by atoms with Crippen LogP contribution in [0.3, 0.4) is 0 Å². The van der Waals surface area contributed by atoms with E-state index in [1.807, 2.05) is 39.8 Å². The second-order valence-electron chi connectivity index (χ2n) is 7.08. The number of sulfonamides is 1. The van der Waals surface area contributed by atoms with E-state index >= 15 is 0 Å². The minimum atomic E-state index is -3.63. The maximum atomic E-state index is 12.7.